The number of benzene rings is 1. The molecule has 1 rings (SSSR count). The minimum absolute atomic E-state index is 0.0991. The van der Waals surface area contributed by atoms with Crippen molar-refractivity contribution < 1.29 is 9.59 Å². The van der Waals surface area contributed by atoms with E-state index in [9.17, 15) is 9.59 Å². The monoisotopic (exact) mass is 263 g/mol. The molecular formula is C14H21N3O2. The van der Waals surface area contributed by atoms with Gasteiger partial charge < -0.3 is 16.8 Å². The Morgan fingerprint density at radius 1 is 1.32 bits per heavy atom. The lowest BCUT2D eigenvalue weighted by Gasteiger charge is -2.25. The number of nitrogens with one attached hydrogen (secondary N) is 1. The second-order valence-electron chi connectivity index (χ2n) is 4.87. The summed E-state index contributed by atoms with van der Waals surface area (Å²) in [4.78, 5) is 23.2. The molecule has 1 atom stereocenters. The van der Waals surface area contributed by atoms with Gasteiger partial charge in [0.1, 0.15) is 0 Å². The maximum Gasteiger partial charge on any atom is 0.231 e. The zero-order valence-corrected chi connectivity index (χ0v) is 11.4. The molecule has 2 amide bonds. The number of hydrogen-bond donors (Lipinski definition) is 3. The van der Waals surface area contributed by atoms with Crippen LogP contribution in [-0.4, -0.2) is 18.4 Å². The van der Waals surface area contributed by atoms with E-state index < -0.39 is 11.3 Å². The van der Waals surface area contributed by atoms with E-state index in [-0.39, 0.29) is 18.9 Å². The van der Waals surface area contributed by atoms with Crippen molar-refractivity contribution in [2.45, 2.75) is 26.7 Å². The first-order valence-electron chi connectivity index (χ1n) is 6.30. The Kier molecular flexibility index (Phi) is 5.06. The third-order valence-corrected chi connectivity index (χ3v) is 3.41. The van der Waals surface area contributed by atoms with E-state index >= 15 is 0 Å². The fraction of sp³-hybridized carbons (Fsp3) is 0.429. The standard InChI is InChI=1S/C14H21N3O2/c1-3-14(2,9-15)13(19)17-11-7-5-4-6-10(11)8-12(16)18/h4-7H,3,8-9,15H2,1-2H3,(H2,16,18)(H,17,19). The molecule has 1 unspecified atom stereocenters. The van der Waals surface area contributed by atoms with Crippen LogP contribution in [-0.2, 0) is 16.0 Å². The van der Waals surface area contributed by atoms with Crippen molar-refractivity contribution in [1.82, 2.24) is 0 Å². The summed E-state index contributed by atoms with van der Waals surface area (Å²) in [5.41, 5.74) is 11.6. The van der Waals surface area contributed by atoms with Crippen LogP contribution in [0.25, 0.3) is 0 Å². The minimum atomic E-state index is -0.611. The van der Waals surface area contributed by atoms with Crippen LogP contribution in [0.3, 0.4) is 0 Å². The summed E-state index contributed by atoms with van der Waals surface area (Å²) < 4.78 is 0. The summed E-state index contributed by atoms with van der Waals surface area (Å²) in [6, 6.07) is 7.12. The van der Waals surface area contributed by atoms with Gasteiger partial charge in [-0.15, -0.1) is 0 Å². The van der Waals surface area contributed by atoms with Gasteiger partial charge in [0, 0.05) is 12.2 Å². The Hall–Kier alpha value is -1.88. The summed E-state index contributed by atoms with van der Waals surface area (Å²) in [6.45, 7) is 4.01. The maximum absolute atomic E-state index is 12.2. The van der Waals surface area contributed by atoms with Crippen LogP contribution in [0.1, 0.15) is 25.8 Å². The molecule has 5 heteroatoms. The van der Waals surface area contributed by atoms with Crippen LogP contribution in [0, 0.1) is 5.41 Å². The highest BCUT2D eigenvalue weighted by Crippen LogP contribution is 2.23. The van der Waals surface area contributed by atoms with Crippen LogP contribution in [0.4, 0.5) is 5.69 Å². The van der Waals surface area contributed by atoms with E-state index in [1.807, 2.05) is 13.8 Å². The first kappa shape index (κ1) is 15.2. The number of hydrogen-bond acceptors (Lipinski definition) is 3. The lowest BCUT2D eigenvalue weighted by molar-refractivity contribution is -0.124. The molecule has 0 aromatic heterocycles. The minimum Gasteiger partial charge on any atom is -0.369 e. The molecule has 1 aromatic carbocycles. The van der Waals surface area contributed by atoms with Crippen LogP contribution < -0.4 is 16.8 Å². The maximum atomic E-state index is 12.2. The third kappa shape index (κ3) is 3.79. The average molecular weight is 263 g/mol. The summed E-state index contributed by atoms with van der Waals surface area (Å²) >= 11 is 0. The van der Waals surface area contributed by atoms with Crippen molar-refractivity contribution in [3.8, 4) is 0 Å². The second kappa shape index (κ2) is 6.33. The number of anilines is 1. The van der Waals surface area contributed by atoms with Gasteiger partial charge in [0.15, 0.2) is 0 Å². The highest BCUT2D eigenvalue weighted by atomic mass is 16.2. The molecule has 0 saturated heterocycles. The number of primary amides is 1. The van der Waals surface area contributed by atoms with Crippen molar-refractivity contribution in [2.75, 3.05) is 11.9 Å². The van der Waals surface area contributed by atoms with E-state index in [1.165, 1.54) is 0 Å². The zero-order valence-electron chi connectivity index (χ0n) is 11.4. The van der Waals surface area contributed by atoms with E-state index in [2.05, 4.69) is 5.32 Å². The summed E-state index contributed by atoms with van der Waals surface area (Å²) in [5.74, 6) is -0.576. The molecule has 0 aliphatic heterocycles. The molecule has 0 bridgehead atoms. The van der Waals surface area contributed by atoms with Gasteiger partial charge in [-0.1, -0.05) is 25.1 Å². The molecule has 0 heterocycles. The van der Waals surface area contributed by atoms with E-state index in [0.717, 1.165) is 0 Å². The highest BCUT2D eigenvalue weighted by Gasteiger charge is 2.30. The molecule has 104 valence electrons. The molecule has 0 aliphatic carbocycles. The van der Waals surface area contributed by atoms with Crippen molar-refractivity contribution in [2.24, 2.45) is 16.9 Å². The van der Waals surface area contributed by atoms with Gasteiger partial charge in [0.25, 0.3) is 0 Å². The molecule has 0 saturated carbocycles. The number of nitrogens with two attached hydrogens (primary N) is 2. The van der Waals surface area contributed by atoms with Crippen molar-refractivity contribution in [3.63, 3.8) is 0 Å². The fourth-order valence-corrected chi connectivity index (χ4v) is 1.65. The first-order valence-corrected chi connectivity index (χ1v) is 6.30. The van der Waals surface area contributed by atoms with Crippen molar-refractivity contribution in [3.05, 3.63) is 29.8 Å². The number of amides is 2. The Bertz CT molecular complexity index is 468. The van der Waals surface area contributed by atoms with Crippen LogP contribution in [0.2, 0.25) is 0 Å². The average Bonchev–Trinajstić information content (AvgIpc) is 2.39. The molecule has 0 spiro atoms. The Morgan fingerprint density at radius 2 is 1.95 bits per heavy atom. The highest BCUT2D eigenvalue weighted by molar-refractivity contribution is 5.96. The number of rotatable bonds is 6. The molecule has 0 radical (unpaired) electrons. The molecule has 5 N–H and O–H groups in total. The Labute approximate surface area is 113 Å². The largest absolute Gasteiger partial charge is 0.369 e. The van der Waals surface area contributed by atoms with E-state index in [4.69, 9.17) is 11.5 Å². The van der Waals surface area contributed by atoms with E-state index in [0.29, 0.717) is 17.7 Å². The van der Waals surface area contributed by atoms with Gasteiger partial charge in [-0.2, -0.15) is 0 Å². The topological polar surface area (TPSA) is 98.2 Å². The SMILES string of the molecule is CCC(C)(CN)C(=O)Nc1ccccc1CC(N)=O. The van der Waals surface area contributed by atoms with Crippen molar-refractivity contribution in [1.29, 1.82) is 0 Å². The third-order valence-electron chi connectivity index (χ3n) is 3.41. The van der Waals surface area contributed by atoms with Gasteiger partial charge in [0.05, 0.1) is 11.8 Å². The van der Waals surface area contributed by atoms with Gasteiger partial charge >= 0.3 is 0 Å². The summed E-state index contributed by atoms with van der Waals surface area (Å²) in [7, 11) is 0. The summed E-state index contributed by atoms with van der Waals surface area (Å²) in [6.07, 6.45) is 0.745. The lowest BCUT2D eigenvalue weighted by Crippen LogP contribution is -2.39. The molecule has 0 fully saturated rings. The quantitative estimate of drug-likeness (QED) is 0.714. The van der Waals surface area contributed by atoms with Crippen LogP contribution >= 0.6 is 0 Å². The zero-order chi connectivity index (χ0) is 14.5. The van der Waals surface area contributed by atoms with Crippen LogP contribution in [0.5, 0.6) is 0 Å². The Balaban J connectivity index is 2.93. The molecule has 0 aliphatic rings. The normalized spacial score (nSPS) is 13.6. The van der Waals surface area contributed by atoms with E-state index in [1.54, 1.807) is 24.3 Å². The van der Waals surface area contributed by atoms with Gasteiger partial charge in [-0.25, -0.2) is 0 Å². The predicted octanol–water partition coefficient (Wildman–Crippen LogP) is 1.03. The molecule has 1 aromatic rings. The first-order chi connectivity index (χ1) is 8.92. The van der Waals surface area contributed by atoms with Gasteiger partial charge in [-0.3, -0.25) is 9.59 Å². The van der Waals surface area contributed by atoms with Gasteiger partial charge in [-0.05, 0) is 25.0 Å². The lowest BCUT2D eigenvalue weighted by atomic mass is 9.86. The number of carbonyl (C=O) groups is 2. The number of para-hydroxylation sites is 1. The smallest absolute Gasteiger partial charge is 0.231 e. The molecule has 19 heavy (non-hydrogen) atoms. The predicted molar refractivity (Wildman–Crippen MR) is 75.4 cm³/mol. The number of carbonyl (C=O) groups excluding carboxylic acids is 2. The molecule has 5 nitrogen and oxygen atoms in total. The molecular weight excluding hydrogens is 242 g/mol. The fourth-order valence-electron chi connectivity index (χ4n) is 1.65. The van der Waals surface area contributed by atoms with Crippen LogP contribution in [0.15, 0.2) is 24.3 Å². The summed E-state index contributed by atoms with van der Waals surface area (Å²) in [5, 5.41) is 2.83. The second-order valence-corrected chi connectivity index (χ2v) is 4.87. The van der Waals surface area contributed by atoms with Crippen molar-refractivity contribution >= 4 is 17.5 Å². The Morgan fingerprint density at radius 3 is 2.47 bits per heavy atom. The van der Waals surface area contributed by atoms with Gasteiger partial charge in [0.2, 0.25) is 11.8 Å².